The molecule has 0 aliphatic heterocycles. The van der Waals surface area contributed by atoms with Crippen LogP contribution in [0.4, 0.5) is 35.7 Å². The highest BCUT2D eigenvalue weighted by Gasteiger charge is 2.37. The fourth-order valence-electron chi connectivity index (χ4n) is 17.1. The number of hydrogen-bond donors (Lipinski definition) is 0. The number of benzene rings is 18. The summed E-state index contributed by atoms with van der Waals surface area (Å²) in [7, 11) is -17.2. The van der Waals surface area contributed by atoms with Crippen LogP contribution in [0, 0.1) is 0 Å². The van der Waals surface area contributed by atoms with Gasteiger partial charge in [0, 0.05) is 95.5 Å². The summed E-state index contributed by atoms with van der Waals surface area (Å²) in [6.07, 6.45) is 0. The summed E-state index contributed by atoms with van der Waals surface area (Å²) in [4.78, 5) is 32.1. The fourth-order valence-corrected chi connectivity index (χ4v) is 37.5. The van der Waals surface area contributed by atoms with Gasteiger partial charge in [0.15, 0.2) is 0 Å². The van der Waals surface area contributed by atoms with Gasteiger partial charge in [-0.25, -0.2) is 28.5 Å². The van der Waals surface area contributed by atoms with Crippen molar-refractivity contribution in [2.24, 2.45) is 28.5 Å². The maximum absolute atomic E-state index is 5.87. The summed E-state index contributed by atoms with van der Waals surface area (Å²) < 4.78 is 35.2. The largest absolute Gasteiger partial charge is 0.255 e. The third-order valence-electron chi connectivity index (χ3n) is 23.0. The van der Waals surface area contributed by atoms with Crippen molar-refractivity contribution in [1.82, 2.24) is 29.9 Å². The lowest BCUT2D eigenvalue weighted by Crippen LogP contribution is -2.25. The Bertz CT molecular complexity index is 5780. The average Bonchev–Trinajstić information content (AvgIpc) is 0.749. The van der Waals surface area contributed by atoms with Crippen LogP contribution in [-0.4, -0.2) is 29.9 Å². The van der Waals surface area contributed by atoms with Gasteiger partial charge in [0.05, 0.1) is 42.3 Å². The molecule has 2 aromatic heterocycles. The molecule has 0 amide bonds. The standard InChI is InChI=1S/2C57H45N6P3/c2*1-10-28-46(29-11-1)64(47-30-12-2-13-31-47,48-32-14-3-15-33-48)61-55-58-56(62-65(49-34-16-4-17-35-49,50-36-18-5-19-37-50)51-38-20-6-21-39-51)60-57(59-55)63-66(52-40-22-7-23-41-52,53-42-24-8-25-43-53)54-44-26-9-27-45-54/h2*1-45H. The predicted octanol–water partition coefficient (Wildman–Crippen LogP) is 22.6. The molecule has 0 bridgehead atoms. The van der Waals surface area contributed by atoms with Crippen LogP contribution < -0.4 is 95.5 Å². The first-order valence-corrected chi connectivity index (χ1v) is 54.1. The first-order chi connectivity index (χ1) is 65.4. The van der Waals surface area contributed by atoms with Crippen LogP contribution in [0.5, 0.6) is 0 Å². The third-order valence-corrected chi connectivity index (χ3v) is 44.7. The van der Waals surface area contributed by atoms with Gasteiger partial charge in [-0.1, -0.05) is 546 Å². The van der Waals surface area contributed by atoms with E-state index in [1.807, 2.05) is 109 Å². The number of nitrogens with zero attached hydrogens (tertiary/aromatic N) is 12. The van der Waals surface area contributed by atoms with Crippen molar-refractivity contribution in [3.05, 3.63) is 546 Å². The lowest BCUT2D eigenvalue weighted by molar-refractivity contribution is 1.03. The lowest BCUT2D eigenvalue weighted by atomic mass is 10.4. The third kappa shape index (κ3) is 17.8. The van der Waals surface area contributed by atoms with Crippen LogP contribution in [0.15, 0.2) is 574 Å². The van der Waals surface area contributed by atoms with E-state index in [1.54, 1.807) is 0 Å². The predicted molar refractivity (Wildman–Crippen MR) is 563 cm³/mol. The Morgan fingerprint density at radius 1 is 0.0909 bits per heavy atom. The molecule has 132 heavy (non-hydrogen) atoms. The molecular weight excluding hydrogens is 1720 g/mol. The minimum absolute atomic E-state index is 0.256. The van der Waals surface area contributed by atoms with E-state index in [-0.39, 0.29) is 35.7 Å². The summed E-state index contributed by atoms with van der Waals surface area (Å²) in [5.41, 5.74) is 0. The Hall–Kier alpha value is -14.6. The second-order valence-electron chi connectivity index (χ2n) is 30.9. The molecule has 12 nitrogen and oxygen atoms in total. The summed E-state index contributed by atoms with van der Waals surface area (Å²) in [5, 5.41) is 19.2. The fraction of sp³-hybridized carbons (Fsp3) is 0. The van der Waals surface area contributed by atoms with Crippen LogP contribution in [0.2, 0.25) is 0 Å². The van der Waals surface area contributed by atoms with Crippen molar-refractivity contribution >= 4 is 173 Å². The molecule has 0 spiro atoms. The van der Waals surface area contributed by atoms with Gasteiger partial charge in [0.2, 0.25) is 0 Å². The Labute approximate surface area is 772 Å². The van der Waals surface area contributed by atoms with E-state index in [2.05, 4.69) is 437 Å². The molecule has 0 atom stereocenters. The minimum Gasteiger partial charge on any atom is -0.217 e. The zero-order valence-corrected chi connectivity index (χ0v) is 77.4. The molecule has 2 heterocycles. The van der Waals surface area contributed by atoms with Crippen molar-refractivity contribution in [1.29, 1.82) is 0 Å². The van der Waals surface area contributed by atoms with Crippen LogP contribution in [-0.2, 0) is 0 Å². The molecule has 18 heteroatoms. The minimum atomic E-state index is -2.86. The quantitative estimate of drug-likeness (QED) is 0.0549. The van der Waals surface area contributed by atoms with Crippen molar-refractivity contribution in [3.8, 4) is 0 Å². The first-order valence-electron chi connectivity index (χ1n) is 43.6. The molecule has 0 N–H and O–H groups in total. The Morgan fingerprint density at radius 2 is 0.152 bits per heavy atom. The van der Waals surface area contributed by atoms with Gasteiger partial charge in [0.1, 0.15) is 0 Å². The molecule has 0 saturated carbocycles. The van der Waals surface area contributed by atoms with Gasteiger partial charge >= 0.3 is 0 Å². The molecular formula is C114H90N12P6. The van der Waals surface area contributed by atoms with Gasteiger partial charge in [0.25, 0.3) is 35.7 Å². The molecule has 20 aromatic rings. The van der Waals surface area contributed by atoms with Crippen LogP contribution >= 0.6 is 42.3 Å². The molecule has 0 radical (unpaired) electrons. The molecule has 0 saturated heterocycles. The monoisotopic (exact) mass is 1810 g/mol. The summed E-state index contributed by atoms with van der Waals surface area (Å²) in [6.45, 7) is 0. The van der Waals surface area contributed by atoms with Gasteiger partial charge < -0.3 is 0 Å². The Balaban J connectivity index is 0.000000170. The second-order valence-corrected chi connectivity index (χ2v) is 49.0. The zero-order valence-electron chi connectivity index (χ0n) is 72.0. The zero-order chi connectivity index (χ0) is 89.0. The van der Waals surface area contributed by atoms with Gasteiger partial charge in [-0.2, -0.15) is 29.9 Å². The molecule has 20 rings (SSSR count). The van der Waals surface area contributed by atoms with Crippen LogP contribution in [0.25, 0.3) is 0 Å². The maximum atomic E-state index is 5.87. The lowest BCUT2D eigenvalue weighted by Gasteiger charge is -2.27. The van der Waals surface area contributed by atoms with Crippen molar-refractivity contribution in [2.45, 2.75) is 0 Å². The number of hydrogen-bond acceptors (Lipinski definition) is 12. The number of aromatic nitrogens is 6. The van der Waals surface area contributed by atoms with Crippen LogP contribution in [0.3, 0.4) is 0 Å². The molecule has 636 valence electrons. The maximum Gasteiger partial charge on any atom is 0.255 e. The Morgan fingerprint density at radius 3 is 0.212 bits per heavy atom. The van der Waals surface area contributed by atoms with E-state index < -0.39 is 42.3 Å². The van der Waals surface area contributed by atoms with Gasteiger partial charge in [-0.05, 0) is 0 Å². The van der Waals surface area contributed by atoms with E-state index >= 15 is 0 Å². The topological polar surface area (TPSA) is 152 Å². The van der Waals surface area contributed by atoms with Crippen molar-refractivity contribution < 1.29 is 0 Å². The van der Waals surface area contributed by atoms with E-state index in [9.17, 15) is 0 Å². The molecule has 0 aliphatic rings. The van der Waals surface area contributed by atoms with Gasteiger partial charge in [-0.3, -0.25) is 0 Å². The summed E-state index contributed by atoms with van der Waals surface area (Å²) >= 11 is 0. The van der Waals surface area contributed by atoms with E-state index in [4.69, 9.17) is 58.4 Å². The average molecular weight is 1810 g/mol. The van der Waals surface area contributed by atoms with E-state index in [0.717, 1.165) is 95.5 Å². The van der Waals surface area contributed by atoms with Gasteiger partial charge in [-0.15, -0.1) is 0 Å². The van der Waals surface area contributed by atoms with Crippen molar-refractivity contribution in [3.63, 3.8) is 0 Å². The molecule has 0 aliphatic carbocycles. The van der Waals surface area contributed by atoms with E-state index in [1.165, 1.54) is 0 Å². The highest BCUT2D eigenvalue weighted by atomic mass is 31.2. The molecule has 0 fully saturated rings. The van der Waals surface area contributed by atoms with Crippen molar-refractivity contribution in [2.75, 3.05) is 0 Å². The first kappa shape index (κ1) is 86.7. The Kier molecular flexibility index (Phi) is 26.7. The van der Waals surface area contributed by atoms with E-state index in [0.29, 0.717) is 0 Å². The summed E-state index contributed by atoms with van der Waals surface area (Å²) in [6, 6.07) is 190. The SMILES string of the molecule is c1ccc(P(=Nc2nc(N=P(c3ccccc3)(c3ccccc3)c3ccccc3)nc(N=P(c3ccccc3)(c3ccccc3)c3ccccc3)n2)(c2ccccc2)c2ccccc2)cc1.c1ccc(P(=Nc2nc(N=P(c3ccccc3)(c3ccccc3)c3ccccc3)nc(N=P(c3ccccc3)(c3ccccc3)c3ccccc3)n2)(c2ccccc2)c2ccccc2)cc1. The summed E-state index contributed by atoms with van der Waals surface area (Å²) in [5.74, 6) is 1.54. The number of rotatable bonds is 24. The second kappa shape index (κ2) is 40.6. The molecule has 0 unspecified atom stereocenters. The smallest absolute Gasteiger partial charge is 0.217 e. The molecule has 18 aromatic carbocycles. The van der Waals surface area contributed by atoms with Crippen LogP contribution in [0.1, 0.15) is 0 Å². The highest BCUT2D eigenvalue weighted by molar-refractivity contribution is 7.90. The highest BCUT2D eigenvalue weighted by Crippen LogP contribution is 2.57. The normalized spacial score (nSPS) is 11.6.